The second-order valence-electron chi connectivity index (χ2n) is 19.0. The highest BCUT2D eigenvalue weighted by Crippen LogP contribution is 2.62. The number of carboxylic acids is 1. The van der Waals surface area contributed by atoms with Gasteiger partial charge in [-0.1, -0.05) is 56.4 Å². The number of esters is 2. The Bertz CT molecular complexity index is 2120. The van der Waals surface area contributed by atoms with Crippen LogP contribution in [0.4, 0.5) is 0 Å². The van der Waals surface area contributed by atoms with Gasteiger partial charge in [-0.15, -0.1) is 0 Å². The molecular formula is C46H62N2O21S. The molecule has 0 bridgehead atoms. The molecule has 24 heteroatoms. The van der Waals surface area contributed by atoms with Crippen molar-refractivity contribution in [2.24, 2.45) is 40.4 Å². The van der Waals surface area contributed by atoms with Crippen molar-refractivity contribution in [3.63, 3.8) is 0 Å². The van der Waals surface area contributed by atoms with Gasteiger partial charge in [0.15, 0.2) is 29.4 Å². The zero-order chi connectivity index (χ0) is 51.7. The van der Waals surface area contributed by atoms with Crippen molar-refractivity contribution in [1.29, 1.82) is 0 Å². The number of carbonyl (C=O) groups excluding carboxylic acids is 6. The highest BCUT2D eigenvalue weighted by Gasteiger charge is 2.74. The zero-order valence-corrected chi connectivity index (χ0v) is 39.4. The number of aliphatic hydroxyl groups excluding tert-OH is 9. The van der Waals surface area contributed by atoms with E-state index in [-0.39, 0.29) is 24.3 Å². The molecule has 2 unspecified atom stereocenters. The lowest BCUT2D eigenvalue weighted by Gasteiger charge is -2.58. The fraction of sp³-hybridized carbons (Fsp3) is 0.674. The fourth-order valence-corrected chi connectivity index (χ4v) is 12.0. The summed E-state index contributed by atoms with van der Waals surface area (Å²) in [6.07, 6.45) is -11.2. The standard InChI is InChI=1S/C46H62N2O21S/c1-18-26(66-20(3)51)14-24-23(31(18)54)12-11-21-13-22(9-7-5-6-8-10-29(52)53)46(43(64)45(21,24)4)40(62)28(68-44(46)65)17-70-16-25(47-19(2)50)41(63)48-30-33(56)32(55)27(15-49)67-42(30)69-39-37(60)35(58)34(57)36(59)38(39)61/h5-12,18,21-28,30-39,42,49,54-61H,13-17H2,1-4H3,(H,47,50)(H,48,63)(H,52,53)/t18-,21-,22+,23+,24-,25+,26+,27-,28+,30+,31+,32+,33+,34?,35-,36+,37-,38-,39?,42+,45-,46-/m0/s1. The Kier molecular flexibility index (Phi) is 17.4. The summed E-state index contributed by atoms with van der Waals surface area (Å²) < 4.78 is 22.5. The summed E-state index contributed by atoms with van der Waals surface area (Å²) >= 11 is 0.843. The minimum Gasteiger partial charge on any atom is -0.478 e. The average molecular weight is 1010 g/mol. The van der Waals surface area contributed by atoms with Crippen LogP contribution in [-0.4, -0.2) is 202 Å². The third kappa shape index (κ3) is 10.3. The van der Waals surface area contributed by atoms with E-state index in [1.807, 2.05) is 6.08 Å². The van der Waals surface area contributed by atoms with Gasteiger partial charge in [-0.3, -0.25) is 28.8 Å². The van der Waals surface area contributed by atoms with Gasteiger partial charge in [0, 0.05) is 54.6 Å². The molecule has 2 amide bonds. The van der Waals surface area contributed by atoms with Crippen molar-refractivity contribution in [3.8, 4) is 0 Å². The first-order chi connectivity index (χ1) is 32.9. The van der Waals surface area contributed by atoms with E-state index < -0.39 is 180 Å². The number of ketones is 2. The average Bonchev–Trinajstić information content (AvgIpc) is 3.55. The molecule has 2 heterocycles. The number of fused-ring (bicyclic) bond motifs is 3. The van der Waals surface area contributed by atoms with Crippen LogP contribution in [0, 0.1) is 40.4 Å². The van der Waals surface area contributed by atoms with Crippen LogP contribution >= 0.6 is 11.8 Å². The maximum Gasteiger partial charge on any atom is 0.328 e. The van der Waals surface area contributed by atoms with Crippen molar-refractivity contribution in [2.45, 2.75) is 132 Å². The minimum absolute atomic E-state index is 0.0730. The largest absolute Gasteiger partial charge is 0.478 e. The number of carbonyl (C=O) groups is 7. The molecule has 70 heavy (non-hydrogen) atoms. The Balaban J connectivity index is 1.24. The monoisotopic (exact) mass is 1010 g/mol. The number of hydrogen-bond donors (Lipinski definition) is 12. The fourth-order valence-electron chi connectivity index (χ4n) is 10.9. The number of hydrogen-bond acceptors (Lipinski definition) is 21. The Morgan fingerprint density at radius 3 is 2.13 bits per heavy atom. The van der Waals surface area contributed by atoms with Crippen molar-refractivity contribution in [1.82, 2.24) is 10.6 Å². The highest BCUT2D eigenvalue weighted by atomic mass is 32.2. The number of aliphatic carboxylic acids is 1. The van der Waals surface area contributed by atoms with Gasteiger partial charge in [-0.05, 0) is 24.7 Å². The molecular weight excluding hydrogens is 949 g/mol. The van der Waals surface area contributed by atoms with Gasteiger partial charge >= 0.3 is 17.9 Å². The topological polar surface area (TPSA) is 383 Å². The smallest absolute Gasteiger partial charge is 0.328 e. The second kappa shape index (κ2) is 22.1. The van der Waals surface area contributed by atoms with Crippen LogP contribution < -0.4 is 10.6 Å². The number of cyclic esters (lactones) is 1. The summed E-state index contributed by atoms with van der Waals surface area (Å²) in [4.78, 5) is 94.3. The number of allylic oxidation sites excluding steroid dienone is 6. The molecule has 5 fully saturated rings. The molecule has 388 valence electrons. The maximum atomic E-state index is 15.5. The van der Waals surface area contributed by atoms with E-state index >= 15 is 4.79 Å². The molecule has 12 N–H and O–H groups in total. The molecule has 3 saturated carbocycles. The number of nitrogens with one attached hydrogen (secondary N) is 2. The summed E-state index contributed by atoms with van der Waals surface area (Å²) in [6.45, 7) is 4.75. The Hall–Kier alpha value is -4.44. The van der Waals surface area contributed by atoms with Gasteiger partial charge in [0.05, 0.1) is 12.7 Å². The van der Waals surface area contributed by atoms with E-state index in [1.165, 1.54) is 37.3 Å². The molecule has 2 aliphatic heterocycles. The maximum absolute atomic E-state index is 15.5. The van der Waals surface area contributed by atoms with Crippen LogP contribution in [0.25, 0.3) is 0 Å². The number of rotatable bonds is 15. The molecule has 0 radical (unpaired) electrons. The van der Waals surface area contributed by atoms with Gasteiger partial charge in [0.2, 0.25) is 11.8 Å². The number of Topliss-reactive ketones (excluding diaryl/α,β-unsaturated/α-hetero) is 2. The quantitative estimate of drug-likeness (QED) is 0.0244. The molecule has 6 rings (SSSR count). The summed E-state index contributed by atoms with van der Waals surface area (Å²) in [5.74, 6) is -10.6. The Morgan fingerprint density at radius 1 is 0.871 bits per heavy atom. The van der Waals surface area contributed by atoms with Crippen molar-refractivity contribution < 1.29 is 104 Å². The lowest BCUT2D eigenvalue weighted by molar-refractivity contribution is -0.319. The van der Waals surface area contributed by atoms with E-state index in [1.54, 1.807) is 19.9 Å². The van der Waals surface area contributed by atoms with Crippen molar-refractivity contribution in [3.05, 3.63) is 48.6 Å². The normalized spacial score (nSPS) is 43.2. The zero-order valence-electron chi connectivity index (χ0n) is 38.6. The lowest BCUT2D eigenvalue weighted by atomic mass is 9.43. The number of amides is 2. The van der Waals surface area contributed by atoms with E-state index in [0.29, 0.717) is 0 Å². The third-order valence-corrected chi connectivity index (χ3v) is 15.9. The first-order valence-corrected chi connectivity index (χ1v) is 24.0. The van der Waals surface area contributed by atoms with Crippen LogP contribution in [-0.2, 0) is 52.5 Å². The predicted octanol–water partition coefficient (Wildman–Crippen LogP) is -4.07. The van der Waals surface area contributed by atoms with E-state index in [2.05, 4.69) is 10.6 Å². The van der Waals surface area contributed by atoms with Gasteiger partial charge in [-0.25, -0.2) is 4.79 Å². The molecule has 0 aromatic rings. The van der Waals surface area contributed by atoms with Crippen LogP contribution in [0.2, 0.25) is 0 Å². The van der Waals surface area contributed by atoms with Gasteiger partial charge in [0.25, 0.3) is 0 Å². The molecule has 22 atom stereocenters. The summed E-state index contributed by atoms with van der Waals surface area (Å²) in [5.41, 5.74) is -3.89. The Morgan fingerprint density at radius 2 is 1.51 bits per heavy atom. The highest BCUT2D eigenvalue weighted by molar-refractivity contribution is 7.99. The number of aliphatic hydroxyl groups is 9. The van der Waals surface area contributed by atoms with Crippen LogP contribution in [0.1, 0.15) is 40.5 Å². The molecule has 2 saturated heterocycles. The molecule has 23 nitrogen and oxygen atoms in total. The predicted molar refractivity (Wildman–Crippen MR) is 238 cm³/mol. The number of ether oxygens (including phenoxy) is 4. The first-order valence-electron chi connectivity index (χ1n) is 22.8. The van der Waals surface area contributed by atoms with Crippen LogP contribution in [0.15, 0.2) is 48.6 Å². The van der Waals surface area contributed by atoms with Gasteiger partial charge in [-0.2, -0.15) is 11.8 Å². The molecule has 1 spiro atoms. The Labute approximate surface area is 405 Å². The molecule has 4 aliphatic carbocycles. The lowest BCUT2D eigenvalue weighted by Crippen LogP contribution is -2.69. The van der Waals surface area contributed by atoms with Crippen LogP contribution in [0.3, 0.4) is 0 Å². The van der Waals surface area contributed by atoms with E-state index in [0.717, 1.165) is 24.8 Å². The van der Waals surface area contributed by atoms with Gasteiger partial charge in [0.1, 0.15) is 73.1 Å². The molecule has 6 aliphatic rings. The summed E-state index contributed by atoms with van der Waals surface area (Å²) in [6, 6.07) is -3.31. The minimum atomic E-state index is -2.42. The van der Waals surface area contributed by atoms with Crippen LogP contribution in [0.5, 0.6) is 0 Å². The SMILES string of the molecule is CC(=O)N[C@H](CSC[C@H]1OC(=O)[C@@]2(C1=O)C(=O)[C@@]1(C)[C@@H](C=C[C@H]3[C@H](O)[C@@H](C)[C@H](OC(C)=O)C[C@@H]31)C[C@H]2C=CC=CC=CC(=O)O)C(=O)N[C@H]1[C@@H](OC2[C@@H](O)[C@H](O)C(O)[C@H](O)[C@@H]2O)O[C@@H](CO)[C@@H](O)[C@@H]1O. The van der Waals surface area contributed by atoms with Crippen molar-refractivity contribution in [2.75, 3.05) is 18.1 Å². The summed E-state index contributed by atoms with van der Waals surface area (Å²) in [7, 11) is 0. The van der Waals surface area contributed by atoms with E-state index in [9.17, 15) is 74.7 Å². The van der Waals surface area contributed by atoms with Gasteiger partial charge < -0.3 is 80.6 Å². The second-order valence-corrected chi connectivity index (χ2v) is 20.1. The number of thioether (sulfide) groups is 1. The summed E-state index contributed by atoms with van der Waals surface area (Å²) in [5, 5.41) is 109. The first kappa shape index (κ1) is 54.9. The van der Waals surface area contributed by atoms with Crippen molar-refractivity contribution >= 4 is 53.1 Å². The number of carboxylic acid groups (broad SMARTS) is 1. The third-order valence-electron chi connectivity index (χ3n) is 14.8. The molecule has 0 aromatic heterocycles. The van der Waals surface area contributed by atoms with E-state index in [4.69, 9.17) is 24.1 Å². The molecule has 0 aromatic carbocycles.